The van der Waals surface area contributed by atoms with Gasteiger partial charge in [-0.05, 0) is 43.5 Å². The maximum atomic E-state index is 14.4. The summed E-state index contributed by atoms with van der Waals surface area (Å²) in [7, 11) is 0. The van der Waals surface area contributed by atoms with Crippen LogP contribution in [0, 0.1) is 0 Å². The van der Waals surface area contributed by atoms with E-state index >= 15 is 0 Å². The number of hydrogen-bond acceptors (Lipinski definition) is 6. The van der Waals surface area contributed by atoms with Crippen molar-refractivity contribution >= 4 is 28.5 Å². The second-order valence-electron chi connectivity index (χ2n) is 9.95. The largest absolute Gasteiger partial charge is 0.391 e. The SMILES string of the molecule is CC(=O)c1cn(CC(=O)N2C[C@H](F)C[C@H]2C(=O)N[C@H]2CCCC[C@@H]2O)c2ccc(-c3ccnnc3)cc12. The smallest absolute Gasteiger partial charge is 0.243 e. The molecule has 1 aliphatic heterocycles. The molecule has 1 aliphatic carbocycles. The number of benzene rings is 1. The van der Waals surface area contributed by atoms with Gasteiger partial charge in [0.1, 0.15) is 18.8 Å². The molecule has 0 unspecified atom stereocenters. The first-order valence-electron chi connectivity index (χ1n) is 12.6. The van der Waals surface area contributed by atoms with Gasteiger partial charge in [-0.25, -0.2) is 4.39 Å². The van der Waals surface area contributed by atoms with Crippen LogP contribution in [-0.2, 0) is 16.1 Å². The Morgan fingerprint density at radius 1 is 1.14 bits per heavy atom. The minimum absolute atomic E-state index is 0.0746. The molecule has 0 bridgehead atoms. The molecule has 3 heterocycles. The number of aromatic nitrogens is 3. The van der Waals surface area contributed by atoms with Gasteiger partial charge in [0.15, 0.2) is 5.78 Å². The van der Waals surface area contributed by atoms with Crippen LogP contribution in [0.3, 0.4) is 0 Å². The number of rotatable bonds is 6. The normalized spacial score (nSPS) is 23.8. The molecule has 2 aromatic heterocycles. The Balaban J connectivity index is 1.38. The summed E-state index contributed by atoms with van der Waals surface area (Å²) in [6.07, 6.45) is 5.93. The first kappa shape index (κ1) is 25.0. The monoisotopic (exact) mass is 507 g/mol. The maximum Gasteiger partial charge on any atom is 0.243 e. The quantitative estimate of drug-likeness (QED) is 0.496. The van der Waals surface area contributed by atoms with E-state index in [2.05, 4.69) is 15.5 Å². The Labute approximate surface area is 213 Å². The van der Waals surface area contributed by atoms with Crippen molar-refractivity contribution < 1.29 is 23.9 Å². The van der Waals surface area contributed by atoms with Crippen LogP contribution in [0.5, 0.6) is 0 Å². The van der Waals surface area contributed by atoms with Gasteiger partial charge in [-0.3, -0.25) is 14.4 Å². The fraction of sp³-hybridized carbons (Fsp3) is 0.444. The lowest BCUT2D eigenvalue weighted by atomic mass is 9.92. The summed E-state index contributed by atoms with van der Waals surface area (Å²) in [6, 6.07) is 6.10. The minimum Gasteiger partial charge on any atom is -0.391 e. The predicted molar refractivity (Wildman–Crippen MR) is 134 cm³/mol. The van der Waals surface area contributed by atoms with Crippen molar-refractivity contribution in [3.8, 4) is 11.1 Å². The molecule has 2 fully saturated rings. The molecule has 37 heavy (non-hydrogen) atoms. The summed E-state index contributed by atoms with van der Waals surface area (Å²) in [5.41, 5.74) is 2.86. The zero-order chi connectivity index (χ0) is 26.1. The van der Waals surface area contributed by atoms with Crippen molar-refractivity contribution in [3.05, 3.63) is 48.4 Å². The third-order valence-electron chi connectivity index (χ3n) is 7.41. The number of fused-ring (bicyclic) bond motifs is 1. The van der Waals surface area contributed by atoms with E-state index in [0.29, 0.717) is 29.3 Å². The maximum absolute atomic E-state index is 14.4. The molecule has 3 aromatic rings. The highest BCUT2D eigenvalue weighted by molar-refractivity contribution is 6.08. The standard InChI is InChI=1S/C27H30FN5O4/c1-16(34)21-14-32(23-7-6-17(10-20(21)23)18-8-9-29-30-12-18)15-26(36)33-13-19(28)11-24(33)27(37)31-22-4-2-3-5-25(22)35/h6-10,12,14,19,22,24-25,35H,2-5,11,13,15H2,1H3,(H,31,37)/t19-,22+,24+,25+/m1/s1. The Bertz CT molecular complexity index is 1330. The van der Waals surface area contributed by atoms with Gasteiger partial charge in [0.05, 0.1) is 31.1 Å². The molecule has 9 nitrogen and oxygen atoms in total. The summed E-state index contributed by atoms with van der Waals surface area (Å²) in [5.74, 6) is -0.981. The number of halogens is 1. The van der Waals surface area contributed by atoms with E-state index in [0.717, 1.165) is 24.0 Å². The van der Waals surface area contributed by atoms with E-state index < -0.39 is 30.1 Å². The van der Waals surface area contributed by atoms with Crippen LogP contribution in [0.25, 0.3) is 22.0 Å². The molecule has 1 saturated carbocycles. The molecule has 2 aliphatic rings. The van der Waals surface area contributed by atoms with Gasteiger partial charge in [-0.1, -0.05) is 18.9 Å². The molecule has 4 atom stereocenters. The molecule has 2 amide bonds. The Kier molecular flexibility index (Phi) is 7.01. The topological polar surface area (TPSA) is 117 Å². The third-order valence-corrected chi connectivity index (χ3v) is 7.41. The molecule has 1 aromatic carbocycles. The van der Waals surface area contributed by atoms with Crippen LogP contribution in [0.1, 0.15) is 49.4 Å². The fourth-order valence-corrected chi connectivity index (χ4v) is 5.45. The predicted octanol–water partition coefficient (Wildman–Crippen LogP) is 2.66. The molecular weight excluding hydrogens is 477 g/mol. The average molecular weight is 508 g/mol. The molecule has 0 spiro atoms. The number of nitrogens with one attached hydrogen (secondary N) is 1. The second-order valence-corrected chi connectivity index (χ2v) is 9.95. The summed E-state index contributed by atoms with van der Waals surface area (Å²) in [6.45, 7) is 1.17. The van der Waals surface area contributed by atoms with Crippen molar-refractivity contribution in [3.63, 3.8) is 0 Å². The van der Waals surface area contributed by atoms with Gasteiger partial charge in [-0.15, -0.1) is 0 Å². The summed E-state index contributed by atoms with van der Waals surface area (Å²) in [5, 5.41) is 21.5. The van der Waals surface area contributed by atoms with E-state index in [9.17, 15) is 23.9 Å². The summed E-state index contributed by atoms with van der Waals surface area (Å²) < 4.78 is 16.1. The molecule has 194 valence electrons. The summed E-state index contributed by atoms with van der Waals surface area (Å²) in [4.78, 5) is 40.0. The minimum atomic E-state index is -1.30. The van der Waals surface area contributed by atoms with Gasteiger partial charge in [-0.2, -0.15) is 10.2 Å². The Morgan fingerprint density at radius 3 is 2.68 bits per heavy atom. The number of ketones is 1. The lowest BCUT2D eigenvalue weighted by molar-refractivity contribution is -0.139. The van der Waals surface area contributed by atoms with E-state index in [1.54, 1.807) is 23.2 Å². The molecule has 0 radical (unpaired) electrons. The number of amides is 2. The number of aliphatic hydroxyl groups excluding tert-OH is 1. The zero-order valence-electron chi connectivity index (χ0n) is 20.6. The van der Waals surface area contributed by atoms with Crippen LogP contribution >= 0.6 is 0 Å². The number of carbonyl (C=O) groups excluding carboxylic acids is 3. The number of carbonyl (C=O) groups is 3. The fourth-order valence-electron chi connectivity index (χ4n) is 5.45. The van der Waals surface area contributed by atoms with Crippen LogP contribution in [0.15, 0.2) is 42.9 Å². The van der Waals surface area contributed by atoms with E-state index in [4.69, 9.17) is 0 Å². The van der Waals surface area contributed by atoms with Gasteiger partial charge >= 0.3 is 0 Å². The number of Topliss-reactive ketones (excluding diaryl/α,β-unsaturated/α-hetero) is 1. The van der Waals surface area contributed by atoms with Gasteiger partial charge in [0, 0.05) is 34.6 Å². The molecule has 2 N–H and O–H groups in total. The number of nitrogens with zero attached hydrogens (tertiary/aromatic N) is 4. The van der Waals surface area contributed by atoms with Gasteiger partial charge in [0.2, 0.25) is 11.8 Å². The Morgan fingerprint density at radius 2 is 1.95 bits per heavy atom. The van der Waals surface area contributed by atoms with Crippen molar-refractivity contribution in [2.24, 2.45) is 0 Å². The van der Waals surface area contributed by atoms with Crippen LogP contribution in [-0.4, -0.2) is 73.3 Å². The second kappa shape index (κ2) is 10.4. The molecule has 1 saturated heterocycles. The van der Waals surface area contributed by atoms with Gasteiger partial charge in [0.25, 0.3) is 0 Å². The van der Waals surface area contributed by atoms with E-state index in [1.165, 1.54) is 11.8 Å². The number of likely N-dealkylation sites (tertiary alicyclic amines) is 1. The summed E-state index contributed by atoms with van der Waals surface area (Å²) >= 11 is 0. The molecule has 5 rings (SSSR count). The van der Waals surface area contributed by atoms with Gasteiger partial charge < -0.3 is 19.9 Å². The van der Waals surface area contributed by atoms with Crippen molar-refractivity contribution in [2.45, 2.75) is 69.9 Å². The molecule has 10 heteroatoms. The first-order valence-corrected chi connectivity index (χ1v) is 12.6. The number of hydrogen-bond donors (Lipinski definition) is 2. The first-order chi connectivity index (χ1) is 17.8. The zero-order valence-corrected chi connectivity index (χ0v) is 20.6. The highest BCUT2D eigenvalue weighted by atomic mass is 19.1. The van der Waals surface area contributed by atoms with E-state index in [-0.39, 0.29) is 31.3 Å². The Hall–Kier alpha value is -3.66. The highest BCUT2D eigenvalue weighted by Crippen LogP contribution is 2.29. The average Bonchev–Trinajstić information content (AvgIpc) is 3.46. The van der Waals surface area contributed by atoms with Crippen LogP contribution in [0.4, 0.5) is 4.39 Å². The van der Waals surface area contributed by atoms with Crippen LogP contribution < -0.4 is 5.32 Å². The van der Waals surface area contributed by atoms with Crippen molar-refractivity contribution in [1.29, 1.82) is 0 Å². The van der Waals surface area contributed by atoms with Crippen LogP contribution in [0.2, 0.25) is 0 Å². The number of aliphatic hydroxyl groups is 1. The molecular formula is C27H30FN5O4. The third kappa shape index (κ3) is 5.11. The van der Waals surface area contributed by atoms with E-state index in [1.807, 2.05) is 24.3 Å². The van der Waals surface area contributed by atoms with Crippen molar-refractivity contribution in [1.82, 2.24) is 25.0 Å². The highest BCUT2D eigenvalue weighted by Gasteiger charge is 2.41. The lowest BCUT2D eigenvalue weighted by Crippen LogP contribution is -2.52. The lowest BCUT2D eigenvalue weighted by Gasteiger charge is -2.31. The number of alkyl halides is 1. The van der Waals surface area contributed by atoms with Crippen molar-refractivity contribution in [2.75, 3.05) is 6.54 Å².